The van der Waals surface area contributed by atoms with Gasteiger partial charge in [-0.05, 0) is 44.1 Å². The smallest absolute Gasteiger partial charge is 0.243 e. The monoisotopic (exact) mass is 388 g/mol. The molecule has 0 bridgehead atoms. The van der Waals surface area contributed by atoms with Crippen molar-refractivity contribution in [3.63, 3.8) is 0 Å². The lowest BCUT2D eigenvalue weighted by atomic mass is 9.99. The third-order valence-electron chi connectivity index (χ3n) is 4.17. The molecule has 6 N–H and O–H groups in total. The van der Waals surface area contributed by atoms with Crippen molar-refractivity contribution in [2.24, 2.45) is 23.3 Å². The summed E-state index contributed by atoms with van der Waals surface area (Å²) in [4.78, 5) is 37.0. The fourth-order valence-corrected chi connectivity index (χ4v) is 2.68. The molecule has 0 heterocycles. The van der Waals surface area contributed by atoms with Crippen molar-refractivity contribution in [2.45, 2.75) is 71.5 Å². The molecule has 7 nitrogen and oxygen atoms in total. The molecule has 152 valence electrons. The summed E-state index contributed by atoms with van der Waals surface area (Å²) in [6.45, 7) is 8.16. The van der Waals surface area contributed by atoms with Crippen LogP contribution in [0.1, 0.15) is 53.4 Å². The van der Waals surface area contributed by atoms with Crippen LogP contribution in [0.4, 0.5) is 0 Å². The zero-order chi connectivity index (χ0) is 20.3. The summed E-state index contributed by atoms with van der Waals surface area (Å²) in [6.07, 6.45) is 2.49. The number of Topliss-reactive ketones (excluding diaryl/α,β-unsaturated/α-hetero) is 1. The second-order valence-corrected chi connectivity index (χ2v) is 7.75. The van der Waals surface area contributed by atoms with Crippen LogP contribution in [0.2, 0.25) is 0 Å². The SMILES string of the molecule is CC(C)C[C@H](NC(=O)[C@H](N)C(C)C)C(=O)N[C@@H](CCCCN)C(=O)CS. The molecule has 0 aliphatic rings. The van der Waals surface area contributed by atoms with Crippen molar-refractivity contribution in [2.75, 3.05) is 12.3 Å². The lowest BCUT2D eigenvalue weighted by Crippen LogP contribution is -2.55. The molecule has 0 aliphatic heterocycles. The van der Waals surface area contributed by atoms with Gasteiger partial charge >= 0.3 is 0 Å². The van der Waals surface area contributed by atoms with Crippen molar-refractivity contribution in [1.82, 2.24) is 10.6 Å². The van der Waals surface area contributed by atoms with E-state index in [9.17, 15) is 14.4 Å². The van der Waals surface area contributed by atoms with Gasteiger partial charge in [-0.25, -0.2) is 0 Å². The van der Waals surface area contributed by atoms with E-state index in [1.807, 2.05) is 27.7 Å². The van der Waals surface area contributed by atoms with E-state index in [2.05, 4.69) is 23.3 Å². The van der Waals surface area contributed by atoms with Crippen LogP contribution < -0.4 is 22.1 Å². The van der Waals surface area contributed by atoms with Gasteiger partial charge in [0.2, 0.25) is 11.8 Å². The number of nitrogens with two attached hydrogens (primary N) is 2. The van der Waals surface area contributed by atoms with Gasteiger partial charge in [0.05, 0.1) is 17.8 Å². The van der Waals surface area contributed by atoms with Crippen LogP contribution in [0.25, 0.3) is 0 Å². The van der Waals surface area contributed by atoms with E-state index in [0.29, 0.717) is 19.4 Å². The van der Waals surface area contributed by atoms with Crippen LogP contribution in [-0.4, -0.2) is 48.0 Å². The summed E-state index contributed by atoms with van der Waals surface area (Å²) >= 11 is 4.02. The molecule has 2 amide bonds. The van der Waals surface area contributed by atoms with Gasteiger partial charge in [0, 0.05) is 0 Å². The molecule has 0 saturated carbocycles. The number of thiol groups is 1. The average Bonchev–Trinajstić information content (AvgIpc) is 2.58. The Balaban J connectivity index is 5.06. The first-order valence-electron chi connectivity index (χ1n) is 9.33. The quantitative estimate of drug-likeness (QED) is 0.233. The van der Waals surface area contributed by atoms with Crippen LogP contribution in [-0.2, 0) is 14.4 Å². The Kier molecular flexibility index (Phi) is 12.5. The molecule has 0 aromatic heterocycles. The van der Waals surface area contributed by atoms with Crippen molar-refractivity contribution in [3.05, 3.63) is 0 Å². The number of nitrogens with one attached hydrogen (secondary N) is 2. The average molecular weight is 389 g/mol. The van der Waals surface area contributed by atoms with Gasteiger partial charge < -0.3 is 22.1 Å². The minimum atomic E-state index is -0.725. The summed E-state index contributed by atoms with van der Waals surface area (Å²) in [5, 5.41) is 5.50. The van der Waals surface area contributed by atoms with E-state index in [4.69, 9.17) is 11.5 Å². The second kappa shape index (κ2) is 13.1. The normalized spacial score (nSPS) is 14.8. The maximum absolute atomic E-state index is 12.7. The highest BCUT2D eigenvalue weighted by atomic mass is 32.1. The summed E-state index contributed by atoms with van der Waals surface area (Å²) < 4.78 is 0. The lowest BCUT2D eigenvalue weighted by molar-refractivity contribution is -0.132. The predicted molar refractivity (Wildman–Crippen MR) is 108 cm³/mol. The van der Waals surface area contributed by atoms with Crippen LogP contribution in [0.15, 0.2) is 0 Å². The van der Waals surface area contributed by atoms with Gasteiger partial charge in [-0.2, -0.15) is 12.6 Å². The number of rotatable bonds is 13. The van der Waals surface area contributed by atoms with Gasteiger partial charge in [0.15, 0.2) is 5.78 Å². The molecule has 0 rings (SSSR count). The van der Waals surface area contributed by atoms with E-state index in [1.165, 1.54) is 0 Å². The standard InChI is InChI=1S/C18H36N4O3S/c1-11(2)9-14(22-18(25)16(20)12(3)4)17(24)21-13(15(23)10-26)7-5-6-8-19/h11-14,16,26H,5-10,19-20H2,1-4H3,(H,21,24)(H,22,25)/t13-,14-,16+/m0/s1. The number of hydrogen-bond donors (Lipinski definition) is 5. The fraction of sp³-hybridized carbons (Fsp3) is 0.833. The zero-order valence-corrected chi connectivity index (χ0v) is 17.4. The summed E-state index contributed by atoms with van der Waals surface area (Å²) in [5.74, 6) is -0.665. The molecule has 0 radical (unpaired) electrons. The van der Waals surface area contributed by atoms with Gasteiger partial charge in [-0.15, -0.1) is 0 Å². The highest BCUT2D eigenvalue weighted by molar-refractivity contribution is 7.81. The van der Waals surface area contributed by atoms with Gasteiger partial charge in [0.1, 0.15) is 6.04 Å². The Morgan fingerprint density at radius 3 is 2.00 bits per heavy atom. The highest BCUT2D eigenvalue weighted by Crippen LogP contribution is 2.09. The third-order valence-corrected chi connectivity index (χ3v) is 4.48. The molecule has 0 aromatic carbocycles. The summed E-state index contributed by atoms with van der Waals surface area (Å²) in [6, 6.07) is -2.02. The number of amides is 2. The molecule has 0 aliphatic carbocycles. The number of hydrogen-bond acceptors (Lipinski definition) is 6. The Labute approximate surface area is 162 Å². The summed E-state index contributed by atoms with van der Waals surface area (Å²) in [7, 11) is 0. The first-order chi connectivity index (χ1) is 12.1. The van der Waals surface area contributed by atoms with Gasteiger partial charge in [-0.3, -0.25) is 14.4 Å². The first kappa shape index (κ1) is 24.9. The number of carbonyl (C=O) groups is 3. The topological polar surface area (TPSA) is 127 Å². The Hall–Kier alpha value is -1.12. The molecule has 0 spiro atoms. The first-order valence-corrected chi connectivity index (χ1v) is 9.97. The molecule has 0 saturated heterocycles. The lowest BCUT2D eigenvalue weighted by Gasteiger charge is -2.25. The fourth-order valence-electron chi connectivity index (χ4n) is 2.46. The Bertz CT molecular complexity index is 458. The van der Waals surface area contributed by atoms with Crippen LogP contribution in [0.3, 0.4) is 0 Å². The second-order valence-electron chi connectivity index (χ2n) is 7.43. The molecule has 0 aromatic rings. The largest absolute Gasteiger partial charge is 0.344 e. The number of carbonyl (C=O) groups excluding carboxylic acids is 3. The van der Waals surface area contributed by atoms with Gasteiger partial charge in [0.25, 0.3) is 0 Å². The van der Waals surface area contributed by atoms with E-state index < -0.39 is 18.1 Å². The van der Waals surface area contributed by atoms with Crippen LogP contribution >= 0.6 is 12.6 Å². The molecule has 8 heteroatoms. The van der Waals surface area contributed by atoms with E-state index in [0.717, 1.165) is 12.8 Å². The molecule has 3 atom stereocenters. The van der Waals surface area contributed by atoms with E-state index >= 15 is 0 Å². The highest BCUT2D eigenvalue weighted by Gasteiger charge is 2.28. The molecular formula is C18H36N4O3S. The molecular weight excluding hydrogens is 352 g/mol. The predicted octanol–water partition coefficient (Wildman–Crippen LogP) is 0.613. The van der Waals surface area contributed by atoms with Crippen LogP contribution in [0.5, 0.6) is 0 Å². The summed E-state index contributed by atoms with van der Waals surface area (Å²) in [5.41, 5.74) is 11.4. The van der Waals surface area contributed by atoms with Gasteiger partial charge in [-0.1, -0.05) is 27.7 Å². The Morgan fingerprint density at radius 2 is 1.54 bits per heavy atom. The maximum Gasteiger partial charge on any atom is 0.243 e. The van der Waals surface area contributed by atoms with E-state index in [-0.39, 0.29) is 35.2 Å². The Morgan fingerprint density at radius 1 is 0.962 bits per heavy atom. The van der Waals surface area contributed by atoms with Crippen molar-refractivity contribution in [3.8, 4) is 0 Å². The third kappa shape index (κ3) is 9.54. The minimum Gasteiger partial charge on any atom is -0.344 e. The molecule has 26 heavy (non-hydrogen) atoms. The van der Waals surface area contributed by atoms with Crippen molar-refractivity contribution in [1.29, 1.82) is 0 Å². The molecule has 0 unspecified atom stereocenters. The molecule has 0 fully saturated rings. The number of unbranched alkanes of at least 4 members (excludes halogenated alkanes) is 1. The zero-order valence-electron chi connectivity index (χ0n) is 16.5. The van der Waals surface area contributed by atoms with Crippen LogP contribution in [0, 0.1) is 11.8 Å². The number of ketones is 1. The van der Waals surface area contributed by atoms with Crippen molar-refractivity contribution >= 4 is 30.2 Å². The maximum atomic E-state index is 12.7. The minimum absolute atomic E-state index is 0.0347. The van der Waals surface area contributed by atoms with E-state index in [1.54, 1.807) is 0 Å². The van der Waals surface area contributed by atoms with Crippen molar-refractivity contribution < 1.29 is 14.4 Å².